The van der Waals surface area contributed by atoms with Crippen LogP contribution in [0.1, 0.15) is 18.9 Å². The first-order chi connectivity index (χ1) is 7.13. The molecule has 1 amide bonds. The number of halogens is 1. The van der Waals surface area contributed by atoms with Crippen molar-refractivity contribution in [3.8, 4) is 11.8 Å². The van der Waals surface area contributed by atoms with Crippen LogP contribution in [0.5, 0.6) is 0 Å². The summed E-state index contributed by atoms with van der Waals surface area (Å²) in [7, 11) is 0. The second-order valence-corrected chi connectivity index (χ2v) is 3.21. The second-order valence-electron chi connectivity index (χ2n) is 2.78. The zero-order valence-electron chi connectivity index (χ0n) is 8.17. The Kier molecular flexibility index (Phi) is 4.02. The van der Waals surface area contributed by atoms with E-state index >= 15 is 0 Å². The van der Waals surface area contributed by atoms with Crippen LogP contribution < -0.4 is 5.32 Å². The molecule has 0 unspecified atom stereocenters. The summed E-state index contributed by atoms with van der Waals surface area (Å²) in [6, 6.07) is 4.84. The van der Waals surface area contributed by atoms with Crippen LogP contribution in [0.15, 0.2) is 18.2 Å². The molecular weight excluding hydrogens is 214 g/mol. The predicted molar refractivity (Wildman–Crippen MR) is 60.3 cm³/mol. The summed E-state index contributed by atoms with van der Waals surface area (Å²) in [5.41, 5.74) is 1.04. The lowest BCUT2D eigenvalue weighted by Crippen LogP contribution is -2.08. The first kappa shape index (κ1) is 11.4. The number of hydrogen-bond acceptors (Lipinski definition) is 1. The van der Waals surface area contributed by atoms with Gasteiger partial charge in [0, 0.05) is 17.0 Å². The van der Waals surface area contributed by atoms with E-state index in [1.807, 2.05) is 6.92 Å². The van der Waals surface area contributed by atoms with Crippen molar-refractivity contribution in [1.29, 1.82) is 0 Å². The smallest absolute Gasteiger partial charge is 0.409 e. The number of anilines is 1. The van der Waals surface area contributed by atoms with Crippen LogP contribution in [0.3, 0.4) is 0 Å². The molecule has 4 heteroatoms. The lowest BCUT2D eigenvalue weighted by atomic mass is 10.2. The highest BCUT2D eigenvalue weighted by molar-refractivity contribution is 6.30. The van der Waals surface area contributed by atoms with Gasteiger partial charge in [0.05, 0.1) is 5.69 Å². The van der Waals surface area contributed by atoms with Crippen molar-refractivity contribution < 1.29 is 9.90 Å². The molecule has 78 valence electrons. The fraction of sp³-hybridized carbons (Fsp3) is 0.182. The van der Waals surface area contributed by atoms with Crippen molar-refractivity contribution in [2.24, 2.45) is 0 Å². The molecule has 0 saturated carbocycles. The van der Waals surface area contributed by atoms with Gasteiger partial charge in [-0.25, -0.2) is 4.79 Å². The molecule has 0 aliphatic carbocycles. The van der Waals surface area contributed by atoms with Crippen LogP contribution in [0.2, 0.25) is 5.02 Å². The molecule has 0 heterocycles. The van der Waals surface area contributed by atoms with Crippen molar-refractivity contribution in [2.75, 3.05) is 5.32 Å². The average molecular weight is 224 g/mol. The Morgan fingerprint density at radius 3 is 2.93 bits per heavy atom. The van der Waals surface area contributed by atoms with Crippen LogP contribution in [0.25, 0.3) is 0 Å². The maximum atomic E-state index is 10.5. The summed E-state index contributed by atoms with van der Waals surface area (Å²) in [4.78, 5) is 10.5. The van der Waals surface area contributed by atoms with Crippen molar-refractivity contribution in [1.82, 2.24) is 0 Å². The molecule has 0 radical (unpaired) electrons. The normalized spacial score (nSPS) is 8.93. The van der Waals surface area contributed by atoms with Crippen molar-refractivity contribution in [3.63, 3.8) is 0 Å². The van der Waals surface area contributed by atoms with Gasteiger partial charge in [-0.2, -0.15) is 0 Å². The van der Waals surface area contributed by atoms with E-state index in [9.17, 15) is 4.79 Å². The highest BCUT2D eigenvalue weighted by Crippen LogP contribution is 2.19. The zero-order valence-corrected chi connectivity index (χ0v) is 8.93. The summed E-state index contributed by atoms with van der Waals surface area (Å²) in [6.07, 6.45) is -0.407. The molecule has 1 rings (SSSR count). The van der Waals surface area contributed by atoms with Gasteiger partial charge >= 0.3 is 6.09 Å². The summed E-state index contributed by atoms with van der Waals surface area (Å²) in [5.74, 6) is 5.71. The summed E-state index contributed by atoms with van der Waals surface area (Å²) in [6.45, 7) is 1.92. The largest absolute Gasteiger partial charge is 0.465 e. The monoisotopic (exact) mass is 223 g/mol. The molecule has 15 heavy (non-hydrogen) atoms. The third-order valence-electron chi connectivity index (χ3n) is 1.62. The number of rotatable bonds is 1. The predicted octanol–water partition coefficient (Wildman–Crippen LogP) is 3.19. The van der Waals surface area contributed by atoms with E-state index in [1.165, 1.54) is 0 Å². The van der Waals surface area contributed by atoms with Gasteiger partial charge in [0.15, 0.2) is 0 Å². The molecular formula is C11H10ClNO2. The van der Waals surface area contributed by atoms with E-state index in [4.69, 9.17) is 16.7 Å². The Balaban J connectivity index is 3.08. The van der Waals surface area contributed by atoms with E-state index in [-0.39, 0.29) is 0 Å². The number of carboxylic acid groups (broad SMARTS) is 1. The molecule has 0 aromatic heterocycles. The van der Waals surface area contributed by atoms with E-state index < -0.39 is 6.09 Å². The Labute approximate surface area is 93.1 Å². The van der Waals surface area contributed by atoms with Gasteiger partial charge < -0.3 is 5.11 Å². The Bertz CT molecular complexity index is 432. The standard InChI is InChI=1S/C11H10ClNO2/c1-2-3-4-8-7-9(12)5-6-10(8)13-11(14)15/h5-7,13H,2H2,1H3,(H,14,15). The van der Waals surface area contributed by atoms with E-state index in [1.54, 1.807) is 18.2 Å². The van der Waals surface area contributed by atoms with Crippen LogP contribution >= 0.6 is 11.6 Å². The minimum Gasteiger partial charge on any atom is -0.465 e. The summed E-state index contributed by atoms with van der Waals surface area (Å²) in [5, 5.41) is 11.4. The van der Waals surface area contributed by atoms with Gasteiger partial charge in [0.1, 0.15) is 0 Å². The lowest BCUT2D eigenvalue weighted by Gasteiger charge is -2.03. The third kappa shape index (κ3) is 3.53. The summed E-state index contributed by atoms with van der Waals surface area (Å²) >= 11 is 5.79. The molecule has 0 aliphatic heterocycles. The molecule has 3 nitrogen and oxygen atoms in total. The van der Waals surface area contributed by atoms with E-state index in [2.05, 4.69) is 17.2 Å². The number of amides is 1. The van der Waals surface area contributed by atoms with Crippen molar-refractivity contribution in [2.45, 2.75) is 13.3 Å². The van der Waals surface area contributed by atoms with Gasteiger partial charge in [0.25, 0.3) is 0 Å². The lowest BCUT2D eigenvalue weighted by molar-refractivity contribution is 0.209. The fourth-order valence-electron chi connectivity index (χ4n) is 1.03. The number of hydrogen-bond donors (Lipinski definition) is 2. The molecule has 0 aliphatic rings. The van der Waals surface area contributed by atoms with Crippen LogP contribution in [-0.4, -0.2) is 11.2 Å². The molecule has 0 saturated heterocycles. The SMILES string of the molecule is CCC#Cc1cc(Cl)ccc1NC(=O)O. The van der Waals surface area contributed by atoms with E-state index in [0.717, 1.165) is 0 Å². The molecule has 0 spiro atoms. The third-order valence-corrected chi connectivity index (χ3v) is 1.86. The highest BCUT2D eigenvalue weighted by atomic mass is 35.5. The minimum atomic E-state index is -1.11. The first-order valence-corrected chi connectivity index (χ1v) is 4.79. The molecule has 0 bridgehead atoms. The average Bonchev–Trinajstić information content (AvgIpc) is 2.18. The van der Waals surface area contributed by atoms with Crippen LogP contribution in [-0.2, 0) is 0 Å². The molecule has 0 fully saturated rings. The summed E-state index contributed by atoms with van der Waals surface area (Å²) < 4.78 is 0. The van der Waals surface area contributed by atoms with Gasteiger partial charge in [-0.3, -0.25) is 5.32 Å². The fourth-order valence-corrected chi connectivity index (χ4v) is 1.20. The Morgan fingerprint density at radius 1 is 1.60 bits per heavy atom. The number of carbonyl (C=O) groups is 1. The van der Waals surface area contributed by atoms with Crippen LogP contribution in [0, 0.1) is 11.8 Å². The maximum Gasteiger partial charge on any atom is 0.409 e. The van der Waals surface area contributed by atoms with Crippen molar-refractivity contribution in [3.05, 3.63) is 28.8 Å². The zero-order chi connectivity index (χ0) is 11.3. The number of benzene rings is 1. The van der Waals surface area contributed by atoms with Gasteiger partial charge in [-0.05, 0) is 18.2 Å². The highest BCUT2D eigenvalue weighted by Gasteiger charge is 2.03. The van der Waals surface area contributed by atoms with Crippen LogP contribution in [0.4, 0.5) is 10.5 Å². The maximum absolute atomic E-state index is 10.5. The molecule has 2 N–H and O–H groups in total. The Morgan fingerprint density at radius 2 is 2.33 bits per heavy atom. The quantitative estimate of drug-likeness (QED) is 0.719. The molecule has 1 aromatic rings. The van der Waals surface area contributed by atoms with E-state index in [0.29, 0.717) is 22.7 Å². The second kappa shape index (κ2) is 5.28. The molecule has 0 atom stereocenters. The van der Waals surface area contributed by atoms with Gasteiger partial charge in [-0.15, -0.1) is 0 Å². The minimum absolute atomic E-state index is 0.452. The first-order valence-electron chi connectivity index (χ1n) is 4.42. The van der Waals surface area contributed by atoms with Crippen molar-refractivity contribution >= 4 is 23.4 Å². The van der Waals surface area contributed by atoms with Gasteiger partial charge in [-0.1, -0.05) is 30.4 Å². The number of nitrogens with one attached hydrogen (secondary N) is 1. The van der Waals surface area contributed by atoms with Gasteiger partial charge in [0.2, 0.25) is 0 Å². The Hall–Kier alpha value is -1.66. The molecule has 1 aromatic carbocycles. The topological polar surface area (TPSA) is 49.3 Å².